The van der Waals surface area contributed by atoms with E-state index >= 15 is 0 Å². The summed E-state index contributed by atoms with van der Waals surface area (Å²) in [6.07, 6.45) is 2.02. The van der Waals surface area contributed by atoms with Gasteiger partial charge in [-0.05, 0) is 25.3 Å². The van der Waals surface area contributed by atoms with Crippen molar-refractivity contribution in [1.82, 2.24) is 4.90 Å². The molecule has 1 rings (SSSR count). The molecule has 1 atom stereocenters. The lowest BCUT2D eigenvalue weighted by Gasteiger charge is -2.18. The Morgan fingerprint density at radius 1 is 1.62 bits per heavy atom. The van der Waals surface area contributed by atoms with Crippen LogP contribution in [0.5, 0.6) is 0 Å². The fraction of sp³-hybridized carbons (Fsp3) is 0.900. The summed E-state index contributed by atoms with van der Waals surface area (Å²) in [5.74, 6) is 0.731. The van der Waals surface area contributed by atoms with Gasteiger partial charge in [0, 0.05) is 13.1 Å². The Kier molecular flexibility index (Phi) is 3.29. The molecule has 1 aliphatic heterocycles. The highest BCUT2D eigenvalue weighted by Crippen LogP contribution is 2.18. The predicted molar refractivity (Wildman–Crippen MR) is 53.0 cm³/mol. The van der Waals surface area contributed by atoms with Crippen molar-refractivity contribution in [2.45, 2.75) is 32.2 Å². The Morgan fingerprint density at radius 3 is 2.77 bits per heavy atom. The first-order chi connectivity index (χ1) is 6.06. The zero-order valence-electron chi connectivity index (χ0n) is 8.58. The van der Waals surface area contributed by atoms with E-state index in [9.17, 15) is 0 Å². The Morgan fingerprint density at radius 2 is 2.31 bits per heavy atom. The molecule has 3 heteroatoms. The highest BCUT2D eigenvalue weighted by molar-refractivity contribution is 5.10. The summed E-state index contributed by atoms with van der Waals surface area (Å²) in [5, 5.41) is 8.82. The summed E-state index contributed by atoms with van der Waals surface area (Å²) in [5.41, 5.74) is 5.28. The molecule has 0 saturated carbocycles. The third-order valence-corrected chi connectivity index (χ3v) is 2.63. The molecule has 1 unspecified atom stereocenters. The summed E-state index contributed by atoms with van der Waals surface area (Å²) in [6, 6.07) is 2.19. The molecule has 0 aromatic carbocycles. The summed E-state index contributed by atoms with van der Waals surface area (Å²) in [4.78, 5) is 2.29. The molecule has 2 N–H and O–H groups in total. The summed E-state index contributed by atoms with van der Waals surface area (Å²) in [7, 11) is 0. The van der Waals surface area contributed by atoms with Crippen LogP contribution in [0, 0.1) is 17.2 Å². The molecule has 0 aromatic heterocycles. The van der Waals surface area contributed by atoms with Crippen molar-refractivity contribution in [3.63, 3.8) is 0 Å². The van der Waals surface area contributed by atoms with Crippen molar-refractivity contribution in [3.05, 3.63) is 0 Å². The van der Waals surface area contributed by atoms with Gasteiger partial charge < -0.3 is 10.6 Å². The van der Waals surface area contributed by atoms with Crippen LogP contribution in [0.1, 0.15) is 26.7 Å². The molecule has 0 aromatic rings. The Labute approximate surface area is 80.5 Å². The van der Waals surface area contributed by atoms with E-state index in [1.807, 2.05) is 0 Å². The van der Waals surface area contributed by atoms with Gasteiger partial charge in [-0.1, -0.05) is 13.8 Å². The van der Waals surface area contributed by atoms with Crippen molar-refractivity contribution < 1.29 is 0 Å². The molecule has 1 fully saturated rings. The van der Waals surface area contributed by atoms with Gasteiger partial charge in [0.05, 0.1) is 6.07 Å². The minimum absolute atomic E-state index is 0.572. The maximum Gasteiger partial charge on any atom is 0.118 e. The van der Waals surface area contributed by atoms with Gasteiger partial charge in [-0.3, -0.25) is 0 Å². The fourth-order valence-corrected chi connectivity index (χ4v) is 1.64. The highest BCUT2D eigenvalue weighted by Gasteiger charge is 2.33. The van der Waals surface area contributed by atoms with E-state index in [-0.39, 0.29) is 0 Å². The largest absolute Gasteiger partial charge is 0.312 e. The van der Waals surface area contributed by atoms with Crippen molar-refractivity contribution in [3.8, 4) is 6.07 Å². The minimum atomic E-state index is -0.572. The van der Waals surface area contributed by atoms with E-state index in [4.69, 9.17) is 11.0 Å². The van der Waals surface area contributed by atoms with Crippen LogP contribution in [-0.2, 0) is 0 Å². The Balaban J connectivity index is 2.30. The monoisotopic (exact) mass is 181 g/mol. The van der Waals surface area contributed by atoms with E-state index in [1.54, 1.807) is 0 Å². The molecule has 13 heavy (non-hydrogen) atoms. The second-order valence-corrected chi connectivity index (χ2v) is 4.48. The molecule has 3 nitrogen and oxygen atoms in total. The SMILES string of the molecule is CC(C)CCN1CCC(N)(C#N)C1. The van der Waals surface area contributed by atoms with Gasteiger partial charge in [0.2, 0.25) is 0 Å². The summed E-state index contributed by atoms with van der Waals surface area (Å²) >= 11 is 0. The smallest absolute Gasteiger partial charge is 0.118 e. The van der Waals surface area contributed by atoms with Gasteiger partial charge in [0.25, 0.3) is 0 Å². The molecule has 1 saturated heterocycles. The van der Waals surface area contributed by atoms with E-state index in [0.29, 0.717) is 0 Å². The van der Waals surface area contributed by atoms with Gasteiger partial charge in [0.15, 0.2) is 0 Å². The third kappa shape index (κ3) is 2.98. The molecule has 74 valence electrons. The van der Waals surface area contributed by atoms with Gasteiger partial charge in [-0.25, -0.2) is 0 Å². The van der Waals surface area contributed by atoms with Gasteiger partial charge in [0.1, 0.15) is 5.54 Å². The lowest BCUT2D eigenvalue weighted by molar-refractivity contribution is 0.303. The van der Waals surface area contributed by atoms with Gasteiger partial charge in [-0.15, -0.1) is 0 Å². The molecular weight excluding hydrogens is 162 g/mol. The average Bonchev–Trinajstić information content (AvgIpc) is 2.45. The number of hydrogen-bond donors (Lipinski definition) is 1. The van der Waals surface area contributed by atoms with Crippen LogP contribution in [0.25, 0.3) is 0 Å². The van der Waals surface area contributed by atoms with Crippen LogP contribution < -0.4 is 5.73 Å². The fourth-order valence-electron chi connectivity index (χ4n) is 1.64. The lowest BCUT2D eigenvalue weighted by Crippen LogP contribution is -2.41. The average molecular weight is 181 g/mol. The second-order valence-electron chi connectivity index (χ2n) is 4.48. The van der Waals surface area contributed by atoms with Crippen LogP contribution in [0.3, 0.4) is 0 Å². The first-order valence-corrected chi connectivity index (χ1v) is 4.98. The number of nitrogens with two attached hydrogens (primary N) is 1. The molecule has 0 aliphatic carbocycles. The molecular formula is C10H19N3. The topological polar surface area (TPSA) is 53.0 Å². The standard InChI is InChI=1S/C10H19N3/c1-9(2)3-5-13-6-4-10(12,7-11)8-13/h9H,3-6,8,12H2,1-2H3. The number of rotatable bonds is 3. The normalized spacial score (nSPS) is 29.5. The van der Waals surface area contributed by atoms with E-state index in [0.717, 1.165) is 32.0 Å². The van der Waals surface area contributed by atoms with E-state index in [2.05, 4.69) is 24.8 Å². The number of nitriles is 1. The van der Waals surface area contributed by atoms with Gasteiger partial charge in [-0.2, -0.15) is 5.26 Å². The summed E-state index contributed by atoms with van der Waals surface area (Å²) in [6.45, 7) is 7.25. The van der Waals surface area contributed by atoms with Crippen molar-refractivity contribution in [2.75, 3.05) is 19.6 Å². The number of likely N-dealkylation sites (tertiary alicyclic amines) is 1. The van der Waals surface area contributed by atoms with Crippen LogP contribution in [0.15, 0.2) is 0 Å². The van der Waals surface area contributed by atoms with Crippen molar-refractivity contribution in [2.24, 2.45) is 11.7 Å². The maximum atomic E-state index is 8.82. The molecule has 0 bridgehead atoms. The van der Waals surface area contributed by atoms with Crippen molar-refractivity contribution in [1.29, 1.82) is 5.26 Å². The van der Waals surface area contributed by atoms with Crippen molar-refractivity contribution >= 4 is 0 Å². The van der Waals surface area contributed by atoms with Crippen LogP contribution in [-0.4, -0.2) is 30.1 Å². The predicted octanol–water partition coefficient (Wildman–Crippen LogP) is 0.959. The van der Waals surface area contributed by atoms with E-state index in [1.165, 1.54) is 6.42 Å². The number of nitrogens with zero attached hydrogens (tertiary/aromatic N) is 2. The van der Waals surface area contributed by atoms with Crippen LogP contribution in [0.2, 0.25) is 0 Å². The lowest BCUT2D eigenvalue weighted by atomic mass is 10.0. The minimum Gasteiger partial charge on any atom is -0.312 e. The number of hydrogen-bond acceptors (Lipinski definition) is 3. The molecule has 0 spiro atoms. The highest BCUT2D eigenvalue weighted by atomic mass is 15.2. The van der Waals surface area contributed by atoms with Gasteiger partial charge >= 0.3 is 0 Å². The van der Waals surface area contributed by atoms with Crippen LogP contribution in [0.4, 0.5) is 0 Å². The second kappa shape index (κ2) is 4.08. The Bertz CT molecular complexity index is 207. The maximum absolute atomic E-state index is 8.82. The molecule has 0 amide bonds. The quantitative estimate of drug-likeness (QED) is 0.705. The summed E-state index contributed by atoms with van der Waals surface area (Å²) < 4.78 is 0. The zero-order valence-corrected chi connectivity index (χ0v) is 8.58. The van der Waals surface area contributed by atoms with E-state index < -0.39 is 5.54 Å². The first kappa shape index (κ1) is 10.5. The zero-order chi connectivity index (χ0) is 9.90. The first-order valence-electron chi connectivity index (χ1n) is 4.98. The van der Waals surface area contributed by atoms with Crippen LogP contribution >= 0.6 is 0 Å². The molecule has 1 aliphatic rings. The molecule has 0 radical (unpaired) electrons. The third-order valence-electron chi connectivity index (χ3n) is 2.63. The Hall–Kier alpha value is -0.590. The molecule has 1 heterocycles.